The average molecular weight is 116 g/mol. The normalized spacial score (nSPS) is 7.25. The Kier molecular flexibility index (Phi) is 2.42. The van der Waals surface area contributed by atoms with Crippen molar-refractivity contribution in [2.24, 2.45) is 16.7 Å². The summed E-state index contributed by atoms with van der Waals surface area (Å²) in [5.41, 5.74) is 0. The maximum atomic E-state index is 9.99. The van der Waals surface area contributed by atoms with Crippen molar-refractivity contribution in [2.75, 3.05) is 0 Å². The van der Waals surface area contributed by atoms with E-state index in [1.807, 2.05) is 0 Å². The van der Waals surface area contributed by atoms with Crippen molar-refractivity contribution >= 4 is 12.1 Å². The van der Waals surface area contributed by atoms with Crippen LogP contribution in [0.5, 0.6) is 0 Å². The van der Waals surface area contributed by atoms with Gasteiger partial charge in [-0.05, 0) is 0 Å². The number of rotatable bonds is 0. The molecule has 0 heterocycles. The fourth-order valence-electron chi connectivity index (χ4n) is 0.0968. The summed E-state index contributed by atoms with van der Waals surface area (Å²) in [6.07, 6.45) is 0.973. The van der Waals surface area contributed by atoms with Crippen molar-refractivity contribution in [3.8, 4) is 0 Å². The zero-order chi connectivity index (χ0) is 6.57. The van der Waals surface area contributed by atoms with Crippen LogP contribution >= 0.6 is 0 Å². The first kappa shape index (κ1) is 6.77. The van der Waals surface area contributed by atoms with E-state index < -0.39 is 6.03 Å². The zero-order valence-corrected chi connectivity index (χ0v) is 3.87. The van der Waals surface area contributed by atoms with Crippen LogP contribution in [0, 0.1) is 0 Å². The van der Waals surface area contributed by atoms with E-state index in [0.29, 0.717) is 0 Å². The summed E-state index contributed by atoms with van der Waals surface area (Å²) in [6.45, 7) is 0. The van der Waals surface area contributed by atoms with Gasteiger partial charge in [0.15, 0.2) is 0 Å². The lowest BCUT2D eigenvalue weighted by Crippen LogP contribution is -2.41. The third kappa shape index (κ3) is 2.04. The Morgan fingerprint density at radius 2 is 2.12 bits per heavy atom. The second-order valence-corrected chi connectivity index (χ2v) is 0.893. The molecule has 0 aromatic rings. The summed E-state index contributed by atoms with van der Waals surface area (Å²) in [7, 11) is 0. The van der Waals surface area contributed by atoms with Crippen molar-refractivity contribution in [1.82, 2.24) is 5.12 Å². The van der Waals surface area contributed by atoms with Gasteiger partial charge >= 0.3 is 6.03 Å². The highest BCUT2D eigenvalue weighted by molar-refractivity contribution is 5.78. The smallest absolute Gasteiger partial charge is 0.242 e. The Hall–Kier alpha value is -1.23. The molecule has 8 heavy (non-hydrogen) atoms. The number of carbonyl (C=O) groups is 1. The minimum absolute atomic E-state index is 0.185. The number of carbonyl (C=O) groups excluding carboxylic acids is 2. The van der Waals surface area contributed by atoms with E-state index in [1.54, 1.807) is 0 Å². The Bertz CT molecular complexity index is 135. The van der Waals surface area contributed by atoms with Crippen molar-refractivity contribution in [3.63, 3.8) is 0 Å². The summed E-state index contributed by atoms with van der Waals surface area (Å²) in [4.78, 5) is 21.8. The molecule has 0 atom stereocenters. The van der Waals surface area contributed by atoms with Gasteiger partial charge in [-0.1, -0.05) is 0 Å². The third-order valence-corrected chi connectivity index (χ3v) is 0.362. The minimum Gasteiger partial charge on any atom is -0.242 e. The van der Waals surface area contributed by atoms with Crippen LogP contribution in [0.1, 0.15) is 0 Å². The summed E-state index contributed by atoms with van der Waals surface area (Å²) in [5.74, 6) is 9.22. The largest absolute Gasteiger partial charge is 0.383 e. The van der Waals surface area contributed by atoms with Crippen molar-refractivity contribution in [1.29, 1.82) is 0 Å². The molecular weight excluding hydrogens is 112 g/mol. The summed E-state index contributed by atoms with van der Waals surface area (Å²) in [5, 5.41) is 0.185. The van der Waals surface area contributed by atoms with Gasteiger partial charge in [0.05, 0.1) is 0 Å². The number of amides is 2. The molecule has 0 spiro atoms. The van der Waals surface area contributed by atoms with Gasteiger partial charge in [-0.3, -0.25) is 0 Å². The zero-order valence-electron chi connectivity index (χ0n) is 3.87. The number of nitrogens with two attached hydrogens (primary N) is 2. The molecule has 6 heteroatoms. The topological polar surface area (TPSA) is 102 Å². The molecule has 0 aromatic carbocycles. The molecule has 0 rings (SSSR count). The molecule has 2 amide bonds. The number of hydrazine groups is 2. The fraction of sp³-hybridized carbons (Fsp3) is 0. The first-order valence-corrected chi connectivity index (χ1v) is 1.60. The van der Waals surface area contributed by atoms with Gasteiger partial charge in [0.1, 0.15) is 0 Å². The quantitative estimate of drug-likeness (QED) is 0.132. The maximum Gasteiger partial charge on any atom is 0.383 e. The van der Waals surface area contributed by atoms with Crippen LogP contribution in [-0.2, 0) is 4.79 Å². The molecule has 44 valence electrons. The number of isocyanates is 1. The number of nitrogens with zero attached hydrogens (tertiary/aromatic N) is 2. The lowest BCUT2D eigenvalue weighted by atomic mass is 11.1. The molecule has 0 aliphatic rings. The third-order valence-electron chi connectivity index (χ3n) is 0.362. The van der Waals surface area contributed by atoms with Gasteiger partial charge in [-0.2, -0.15) is 5.12 Å². The molecule has 4 N–H and O–H groups in total. The van der Waals surface area contributed by atoms with E-state index in [-0.39, 0.29) is 5.12 Å². The number of aliphatic imine (C=N–C) groups is 1. The molecule has 6 nitrogen and oxygen atoms in total. The van der Waals surface area contributed by atoms with Crippen LogP contribution < -0.4 is 11.7 Å². The Labute approximate surface area is 44.7 Å². The molecule has 0 unspecified atom stereocenters. The second kappa shape index (κ2) is 2.86. The molecule has 0 aromatic heterocycles. The van der Waals surface area contributed by atoms with Crippen molar-refractivity contribution in [2.45, 2.75) is 0 Å². The van der Waals surface area contributed by atoms with Gasteiger partial charge in [-0.25, -0.2) is 21.3 Å². The van der Waals surface area contributed by atoms with E-state index in [2.05, 4.69) is 16.7 Å². The molecule has 0 bridgehead atoms. The van der Waals surface area contributed by atoms with Crippen LogP contribution in [0.2, 0.25) is 0 Å². The average Bonchev–Trinajstić information content (AvgIpc) is 1.67. The van der Waals surface area contributed by atoms with Crippen LogP contribution in [0.15, 0.2) is 4.99 Å². The van der Waals surface area contributed by atoms with Crippen molar-refractivity contribution < 1.29 is 9.59 Å². The Morgan fingerprint density at radius 3 is 2.25 bits per heavy atom. The van der Waals surface area contributed by atoms with E-state index in [9.17, 15) is 9.59 Å². The number of hydrogen-bond donors (Lipinski definition) is 2. The number of urea groups is 1. The predicted molar refractivity (Wildman–Crippen MR) is 23.7 cm³/mol. The first-order chi connectivity index (χ1) is 3.68. The molecule has 0 saturated heterocycles. The van der Waals surface area contributed by atoms with Crippen LogP contribution in [-0.4, -0.2) is 17.2 Å². The Balaban J connectivity index is 3.84. The Morgan fingerprint density at radius 1 is 1.62 bits per heavy atom. The standard InChI is InChI=1S/C2H4N4O2/c3-6(4)2(8)5-1-7/h3-4H2. The molecule has 0 aliphatic carbocycles. The first-order valence-electron chi connectivity index (χ1n) is 1.60. The lowest BCUT2D eigenvalue weighted by molar-refractivity contribution is 0.210. The highest BCUT2D eigenvalue weighted by Crippen LogP contribution is 1.71. The molecule has 0 saturated carbocycles. The SMILES string of the molecule is NN(N)C(=O)N=C=O. The molecular formula is C2H4N4O2. The van der Waals surface area contributed by atoms with Gasteiger partial charge in [-0.15, -0.1) is 4.99 Å². The summed E-state index contributed by atoms with van der Waals surface area (Å²) < 4.78 is 0. The van der Waals surface area contributed by atoms with E-state index in [4.69, 9.17) is 0 Å². The fourth-order valence-corrected chi connectivity index (χ4v) is 0.0968. The summed E-state index contributed by atoms with van der Waals surface area (Å²) in [6, 6.07) is -1.03. The molecule has 0 fully saturated rings. The lowest BCUT2D eigenvalue weighted by Gasteiger charge is -2.00. The van der Waals surface area contributed by atoms with E-state index in [1.165, 1.54) is 0 Å². The second-order valence-electron chi connectivity index (χ2n) is 0.893. The predicted octanol–water partition coefficient (Wildman–Crippen LogP) is -1.51. The van der Waals surface area contributed by atoms with Gasteiger partial charge in [0.25, 0.3) is 0 Å². The van der Waals surface area contributed by atoms with E-state index in [0.717, 1.165) is 6.08 Å². The summed E-state index contributed by atoms with van der Waals surface area (Å²) >= 11 is 0. The van der Waals surface area contributed by atoms with E-state index >= 15 is 0 Å². The highest BCUT2D eigenvalue weighted by Gasteiger charge is 1.98. The number of hydrogen-bond acceptors (Lipinski definition) is 4. The monoisotopic (exact) mass is 116 g/mol. The van der Waals surface area contributed by atoms with Gasteiger partial charge < -0.3 is 0 Å². The van der Waals surface area contributed by atoms with Gasteiger partial charge in [0.2, 0.25) is 6.08 Å². The van der Waals surface area contributed by atoms with Gasteiger partial charge in [0, 0.05) is 0 Å². The maximum absolute atomic E-state index is 9.99. The highest BCUT2D eigenvalue weighted by atomic mass is 16.2. The van der Waals surface area contributed by atoms with Crippen molar-refractivity contribution in [3.05, 3.63) is 0 Å². The van der Waals surface area contributed by atoms with Crippen LogP contribution in [0.4, 0.5) is 4.79 Å². The van der Waals surface area contributed by atoms with Crippen LogP contribution in [0.25, 0.3) is 0 Å². The molecule has 0 radical (unpaired) electrons. The molecule has 0 aliphatic heterocycles. The van der Waals surface area contributed by atoms with Crippen LogP contribution in [0.3, 0.4) is 0 Å². The minimum atomic E-state index is -1.03.